The number of carbonyl (C=O) groups is 1. The van der Waals surface area contributed by atoms with E-state index in [1.165, 1.54) is 0 Å². The second-order valence-corrected chi connectivity index (χ2v) is 5.04. The maximum atomic E-state index is 11.3. The van der Waals surface area contributed by atoms with Crippen molar-refractivity contribution in [2.75, 3.05) is 14.2 Å². The third-order valence-corrected chi connectivity index (χ3v) is 3.75. The number of carboxylic acids is 1. The first-order valence-electron chi connectivity index (χ1n) is 6.82. The van der Waals surface area contributed by atoms with Crippen LogP contribution in [-0.4, -0.2) is 42.3 Å². The number of methoxy groups -OCH3 is 1. The summed E-state index contributed by atoms with van der Waals surface area (Å²) in [5.41, 5.74) is 0.943. The van der Waals surface area contributed by atoms with Crippen molar-refractivity contribution in [2.24, 2.45) is 0 Å². The van der Waals surface area contributed by atoms with Crippen molar-refractivity contribution >= 4 is 5.97 Å². The van der Waals surface area contributed by atoms with Gasteiger partial charge in [-0.05, 0) is 31.2 Å². The normalized spacial score (nSPS) is 26.6. The highest BCUT2D eigenvalue weighted by atomic mass is 16.5. The van der Waals surface area contributed by atoms with Gasteiger partial charge >= 0.3 is 5.97 Å². The molecular formula is C15H21NO4. The van der Waals surface area contributed by atoms with Crippen LogP contribution in [-0.2, 0) is 9.53 Å². The molecule has 1 aromatic carbocycles. The Morgan fingerprint density at radius 3 is 2.55 bits per heavy atom. The fraction of sp³-hybridized carbons (Fsp3) is 0.533. The van der Waals surface area contributed by atoms with Gasteiger partial charge in [0.05, 0.1) is 7.11 Å². The maximum Gasteiger partial charge on any atom is 0.334 e. The van der Waals surface area contributed by atoms with Gasteiger partial charge in [0.2, 0.25) is 0 Å². The highest BCUT2D eigenvalue weighted by molar-refractivity contribution is 5.73. The number of hydrogen-bond donors (Lipinski definition) is 1. The molecule has 1 N–H and O–H groups in total. The van der Waals surface area contributed by atoms with E-state index in [1.807, 2.05) is 43.1 Å². The fourth-order valence-electron chi connectivity index (χ4n) is 2.67. The van der Waals surface area contributed by atoms with E-state index >= 15 is 0 Å². The molecule has 110 valence electrons. The summed E-state index contributed by atoms with van der Waals surface area (Å²) in [5.74, 6) is -0.124. The van der Waals surface area contributed by atoms with Crippen LogP contribution in [0.2, 0.25) is 0 Å². The van der Waals surface area contributed by atoms with Crippen LogP contribution in [0.5, 0.6) is 5.75 Å². The van der Waals surface area contributed by atoms with Crippen molar-refractivity contribution in [1.82, 2.24) is 4.90 Å². The summed E-state index contributed by atoms with van der Waals surface area (Å²) in [6, 6.07) is 7.44. The van der Waals surface area contributed by atoms with Gasteiger partial charge in [0.1, 0.15) is 12.0 Å². The van der Waals surface area contributed by atoms with Gasteiger partial charge in [-0.2, -0.15) is 0 Å². The van der Waals surface area contributed by atoms with Crippen molar-refractivity contribution in [3.8, 4) is 5.75 Å². The summed E-state index contributed by atoms with van der Waals surface area (Å²) in [7, 11) is 3.53. The van der Waals surface area contributed by atoms with Crippen LogP contribution in [0.1, 0.15) is 31.6 Å². The van der Waals surface area contributed by atoms with Gasteiger partial charge in [-0.15, -0.1) is 0 Å². The summed E-state index contributed by atoms with van der Waals surface area (Å²) >= 11 is 0. The lowest BCUT2D eigenvalue weighted by atomic mass is 10.1. The molecule has 1 fully saturated rings. The first-order valence-corrected chi connectivity index (χ1v) is 6.82. The predicted octanol–water partition coefficient (Wildman–Crippen LogP) is 2.28. The highest BCUT2D eigenvalue weighted by Gasteiger charge is 2.43. The summed E-state index contributed by atoms with van der Waals surface area (Å²) in [4.78, 5) is 13.3. The van der Waals surface area contributed by atoms with E-state index in [4.69, 9.17) is 9.47 Å². The lowest BCUT2D eigenvalue weighted by Crippen LogP contribution is -2.37. The number of hydrogen-bond acceptors (Lipinski definition) is 4. The average Bonchev–Trinajstić information content (AvgIpc) is 2.77. The van der Waals surface area contributed by atoms with Gasteiger partial charge in [0, 0.05) is 6.04 Å². The van der Waals surface area contributed by atoms with Crippen LogP contribution in [0.15, 0.2) is 24.3 Å². The molecule has 5 nitrogen and oxygen atoms in total. The molecule has 0 bridgehead atoms. The number of aliphatic carboxylic acids is 1. The third-order valence-electron chi connectivity index (χ3n) is 3.75. The lowest BCUT2D eigenvalue weighted by Gasteiger charge is -2.23. The Morgan fingerprint density at radius 2 is 2.05 bits per heavy atom. The fourth-order valence-corrected chi connectivity index (χ4v) is 2.67. The molecule has 0 spiro atoms. The van der Waals surface area contributed by atoms with Crippen molar-refractivity contribution in [1.29, 1.82) is 0 Å². The molecule has 1 saturated heterocycles. The van der Waals surface area contributed by atoms with E-state index in [2.05, 4.69) is 0 Å². The number of nitrogens with zero attached hydrogens (tertiary/aromatic N) is 1. The molecule has 0 aliphatic carbocycles. The predicted molar refractivity (Wildman–Crippen MR) is 74.7 cm³/mol. The van der Waals surface area contributed by atoms with Gasteiger partial charge in [0.15, 0.2) is 6.10 Å². The molecule has 1 heterocycles. The number of carboxylic acid groups (broad SMARTS) is 1. The smallest absolute Gasteiger partial charge is 0.334 e. The molecule has 1 aliphatic rings. The Hall–Kier alpha value is -1.59. The molecule has 1 aromatic rings. The number of benzene rings is 1. The summed E-state index contributed by atoms with van der Waals surface area (Å²) in [5, 5.41) is 9.30. The van der Waals surface area contributed by atoms with Gasteiger partial charge in [-0.25, -0.2) is 4.79 Å². The first kappa shape index (κ1) is 14.8. The van der Waals surface area contributed by atoms with Gasteiger partial charge in [0.25, 0.3) is 0 Å². The zero-order chi connectivity index (χ0) is 14.7. The van der Waals surface area contributed by atoms with Gasteiger partial charge < -0.3 is 14.6 Å². The molecule has 0 amide bonds. The Balaban J connectivity index is 2.21. The van der Waals surface area contributed by atoms with E-state index in [0.717, 1.165) is 24.2 Å². The van der Waals surface area contributed by atoms with E-state index in [1.54, 1.807) is 7.11 Å². The molecule has 3 atom stereocenters. The Bertz CT molecular complexity index is 459. The minimum atomic E-state index is -0.897. The van der Waals surface area contributed by atoms with Crippen molar-refractivity contribution in [3.63, 3.8) is 0 Å². The largest absolute Gasteiger partial charge is 0.497 e. The topological polar surface area (TPSA) is 59.0 Å². The van der Waals surface area contributed by atoms with Crippen LogP contribution >= 0.6 is 0 Å². The van der Waals surface area contributed by atoms with Crippen LogP contribution in [0.25, 0.3) is 0 Å². The zero-order valence-electron chi connectivity index (χ0n) is 12.1. The third kappa shape index (κ3) is 2.78. The first-order chi connectivity index (χ1) is 9.58. The van der Waals surface area contributed by atoms with Crippen LogP contribution < -0.4 is 4.74 Å². The quantitative estimate of drug-likeness (QED) is 0.896. The maximum absolute atomic E-state index is 11.3. The number of ether oxygens (including phenoxy) is 2. The van der Waals surface area contributed by atoms with Crippen molar-refractivity contribution < 1.29 is 19.4 Å². The standard InChI is InChI=1S/C15H21NO4/c1-4-5-12-13(15(17)18)20-14(16(12)2)10-6-8-11(19-3)9-7-10/h6-9,12-14H,4-5H2,1-3H3,(H,17,18)/t12-,13?,14?/m0/s1. The SMILES string of the molecule is CCC[C@H]1C(C(=O)O)OC(c2ccc(OC)cc2)N1C. The van der Waals surface area contributed by atoms with Crippen molar-refractivity contribution in [3.05, 3.63) is 29.8 Å². The minimum Gasteiger partial charge on any atom is -0.497 e. The molecule has 2 unspecified atom stereocenters. The van der Waals surface area contributed by atoms with Crippen molar-refractivity contribution in [2.45, 2.75) is 38.1 Å². The zero-order valence-corrected chi connectivity index (χ0v) is 12.1. The van der Waals surface area contributed by atoms with Gasteiger partial charge in [-0.1, -0.05) is 25.5 Å². The molecular weight excluding hydrogens is 258 g/mol. The van der Waals surface area contributed by atoms with E-state index in [-0.39, 0.29) is 12.3 Å². The molecule has 0 radical (unpaired) electrons. The Labute approximate surface area is 119 Å². The monoisotopic (exact) mass is 279 g/mol. The molecule has 0 saturated carbocycles. The molecule has 2 rings (SSSR count). The van der Waals surface area contributed by atoms with Gasteiger partial charge in [-0.3, -0.25) is 4.90 Å². The van der Waals surface area contributed by atoms with Crippen LogP contribution in [0, 0.1) is 0 Å². The van der Waals surface area contributed by atoms with E-state index in [9.17, 15) is 9.90 Å². The van der Waals surface area contributed by atoms with E-state index < -0.39 is 12.1 Å². The summed E-state index contributed by atoms with van der Waals surface area (Å²) in [6.07, 6.45) is 0.642. The second kappa shape index (κ2) is 6.24. The van der Waals surface area contributed by atoms with Crippen LogP contribution in [0.3, 0.4) is 0 Å². The lowest BCUT2D eigenvalue weighted by molar-refractivity contribution is -0.150. The number of likely N-dealkylation sites (N-methyl/N-ethyl adjacent to an activating group) is 1. The number of rotatable bonds is 5. The molecule has 0 aromatic heterocycles. The Kier molecular flexibility index (Phi) is 4.62. The second-order valence-electron chi connectivity index (χ2n) is 5.04. The molecule has 1 aliphatic heterocycles. The summed E-state index contributed by atoms with van der Waals surface area (Å²) in [6.45, 7) is 2.05. The average molecular weight is 279 g/mol. The Morgan fingerprint density at radius 1 is 1.40 bits per heavy atom. The van der Waals surface area contributed by atoms with E-state index in [0.29, 0.717) is 0 Å². The van der Waals surface area contributed by atoms with Crippen LogP contribution in [0.4, 0.5) is 0 Å². The highest BCUT2D eigenvalue weighted by Crippen LogP contribution is 2.35. The molecule has 20 heavy (non-hydrogen) atoms. The minimum absolute atomic E-state index is 0.0930. The molecule has 5 heteroatoms. The summed E-state index contributed by atoms with van der Waals surface area (Å²) < 4.78 is 10.9.